The molecule has 178 valence electrons. The Bertz CT molecular complexity index is 1730. The van der Waals surface area contributed by atoms with Gasteiger partial charge < -0.3 is 9.88 Å². The second kappa shape index (κ2) is 8.61. The minimum Gasteiger partial charge on any atom is -0.378 e. The van der Waals surface area contributed by atoms with Crippen LogP contribution in [0.15, 0.2) is 72.9 Å². The molecule has 3 aromatic carbocycles. The molecule has 2 N–H and O–H groups in total. The third-order valence-corrected chi connectivity index (χ3v) is 6.56. The number of anilines is 1. The Hall–Kier alpha value is -4.52. The van der Waals surface area contributed by atoms with E-state index in [1.807, 2.05) is 44.6 Å². The van der Waals surface area contributed by atoms with Gasteiger partial charge in [-0.05, 0) is 47.9 Å². The summed E-state index contributed by atoms with van der Waals surface area (Å²) in [5.74, 6) is 0.355. The Balaban J connectivity index is 1.49. The van der Waals surface area contributed by atoms with Gasteiger partial charge in [0.1, 0.15) is 11.5 Å². The Kier molecular flexibility index (Phi) is 5.25. The molecule has 0 fully saturated rings. The van der Waals surface area contributed by atoms with E-state index in [1.165, 1.54) is 11.6 Å². The SMILES string of the molecule is CCc1cc(-c2cnc3n[nH]c(-c4nc5c(-c6ccccc6F)cccc5[nH]4)c3c2)cc(N(C)C)c1. The fourth-order valence-corrected chi connectivity index (χ4v) is 4.59. The number of nitrogens with zero attached hydrogens (tertiary/aromatic N) is 4. The van der Waals surface area contributed by atoms with E-state index < -0.39 is 0 Å². The number of nitrogens with one attached hydrogen (secondary N) is 2. The summed E-state index contributed by atoms with van der Waals surface area (Å²) in [4.78, 5) is 15.0. The van der Waals surface area contributed by atoms with Crippen molar-refractivity contribution in [2.45, 2.75) is 13.3 Å². The first kappa shape index (κ1) is 22.0. The second-order valence-electron chi connectivity index (χ2n) is 9.10. The van der Waals surface area contributed by atoms with Crippen LogP contribution in [0.5, 0.6) is 0 Å². The minimum absolute atomic E-state index is 0.276. The largest absolute Gasteiger partial charge is 0.378 e. The molecule has 6 nitrogen and oxygen atoms in total. The Morgan fingerprint density at radius 1 is 0.917 bits per heavy atom. The summed E-state index contributed by atoms with van der Waals surface area (Å²) < 4.78 is 14.6. The number of aromatic nitrogens is 5. The highest BCUT2D eigenvalue weighted by Gasteiger charge is 2.17. The molecular weight excluding hydrogens is 451 g/mol. The van der Waals surface area contributed by atoms with Gasteiger partial charge in [-0.1, -0.05) is 43.3 Å². The molecule has 0 unspecified atom stereocenters. The third-order valence-electron chi connectivity index (χ3n) is 6.56. The number of H-pyrrole nitrogens is 2. The Labute approximate surface area is 207 Å². The number of hydrogen-bond acceptors (Lipinski definition) is 4. The molecule has 7 heteroatoms. The molecule has 6 aromatic rings. The van der Waals surface area contributed by atoms with Gasteiger partial charge in [0.15, 0.2) is 11.5 Å². The Morgan fingerprint density at radius 3 is 2.56 bits per heavy atom. The van der Waals surface area contributed by atoms with Crippen molar-refractivity contribution in [2.24, 2.45) is 0 Å². The molecule has 0 atom stereocenters. The van der Waals surface area contributed by atoms with Crippen molar-refractivity contribution < 1.29 is 4.39 Å². The van der Waals surface area contributed by atoms with Crippen LogP contribution in [-0.4, -0.2) is 39.2 Å². The highest BCUT2D eigenvalue weighted by molar-refractivity contribution is 5.97. The van der Waals surface area contributed by atoms with Crippen LogP contribution in [0.2, 0.25) is 0 Å². The van der Waals surface area contributed by atoms with Crippen molar-refractivity contribution in [1.82, 2.24) is 25.1 Å². The maximum absolute atomic E-state index is 14.6. The lowest BCUT2D eigenvalue weighted by Gasteiger charge is -2.16. The summed E-state index contributed by atoms with van der Waals surface area (Å²) in [6.45, 7) is 2.16. The molecule has 0 radical (unpaired) electrons. The van der Waals surface area contributed by atoms with E-state index in [2.05, 4.69) is 56.3 Å². The number of halogens is 1. The lowest BCUT2D eigenvalue weighted by Crippen LogP contribution is -2.09. The zero-order chi connectivity index (χ0) is 24.8. The average molecular weight is 477 g/mol. The summed E-state index contributed by atoms with van der Waals surface area (Å²) in [5.41, 5.74) is 8.67. The third kappa shape index (κ3) is 3.69. The van der Waals surface area contributed by atoms with E-state index in [4.69, 9.17) is 4.98 Å². The smallest absolute Gasteiger partial charge is 0.181 e. The van der Waals surface area contributed by atoms with Crippen LogP contribution in [0.1, 0.15) is 12.5 Å². The van der Waals surface area contributed by atoms with Gasteiger partial charge in [0.05, 0.1) is 16.4 Å². The van der Waals surface area contributed by atoms with Gasteiger partial charge in [0.25, 0.3) is 0 Å². The monoisotopic (exact) mass is 476 g/mol. The molecule has 0 saturated heterocycles. The lowest BCUT2D eigenvalue weighted by molar-refractivity contribution is 0.631. The first-order valence-corrected chi connectivity index (χ1v) is 11.9. The van der Waals surface area contributed by atoms with E-state index in [9.17, 15) is 4.39 Å². The van der Waals surface area contributed by atoms with Gasteiger partial charge in [-0.3, -0.25) is 5.10 Å². The average Bonchev–Trinajstić information content (AvgIpc) is 3.52. The number of aryl methyl sites for hydroxylation is 1. The van der Waals surface area contributed by atoms with E-state index in [-0.39, 0.29) is 5.82 Å². The summed E-state index contributed by atoms with van der Waals surface area (Å²) in [6.07, 6.45) is 2.81. The van der Waals surface area contributed by atoms with E-state index in [0.29, 0.717) is 22.6 Å². The number of para-hydroxylation sites is 1. The molecule has 0 saturated carbocycles. The summed E-state index contributed by atoms with van der Waals surface area (Å²) in [5, 5.41) is 8.38. The number of imidazole rings is 1. The fourth-order valence-electron chi connectivity index (χ4n) is 4.59. The quantitative estimate of drug-likeness (QED) is 0.294. The zero-order valence-electron chi connectivity index (χ0n) is 20.3. The topological polar surface area (TPSA) is 73.5 Å². The molecule has 0 aliphatic heterocycles. The summed E-state index contributed by atoms with van der Waals surface area (Å²) in [6, 6.07) is 21.2. The van der Waals surface area contributed by atoms with Crippen LogP contribution in [0.3, 0.4) is 0 Å². The summed E-state index contributed by atoms with van der Waals surface area (Å²) >= 11 is 0. The molecule has 0 amide bonds. The van der Waals surface area contributed by atoms with Crippen LogP contribution >= 0.6 is 0 Å². The number of fused-ring (bicyclic) bond motifs is 2. The number of aromatic amines is 2. The molecule has 36 heavy (non-hydrogen) atoms. The summed E-state index contributed by atoms with van der Waals surface area (Å²) in [7, 11) is 4.09. The molecular formula is C29H25FN6. The Morgan fingerprint density at radius 2 is 1.75 bits per heavy atom. The predicted molar refractivity (Wildman–Crippen MR) is 144 cm³/mol. The first-order chi connectivity index (χ1) is 17.5. The molecule has 0 bridgehead atoms. The van der Waals surface area contributed by atoms with Gasteiger partial charge in [0, 0.05) is 42.7 Å². The van der Waals surface area contributed by atoms with Crippen LogP contribution in [0.25, 0.3) is 55.8 Å². The first-order valence-electron chi connectivity index (χ1n) is 11.9. The fraction of sp³-hybridized carbons (Fsp3) is 0.138. The van der Waals surface area contributed by atoms with Gasteiger partial charge in [0.2, 0.25) is 0 Å². The van der Waals surface area contributed by atoms with Crippen LogP contribution in [-0.2, 0) is 6.42 Å². The van der Waals surface area contributed by atoms with Crippen LogP contribution < -0.4 is 4.90 Å². The predicted octanol–water partition coefficient (Wildman–Crippen LogP) is 6.60. The highest BCUT2D eigenvalue weighted by Crippen LogP contribution is 2.34. The van der Waals surface area contributed by atoms with Crippen LogP contribution in [0.4, 0.5) is 10.1 Å². The van der Waals surface area contributed by atoms with Gasteiger partial charge in [-0.2, -0.15) is 5.10 Å². The zero-order valence-corrected chi connectivity index (χ0v) is 20.3. The number of hydrogen-bond donors (Lipinski definition) is 2. The maximum atomic E-state index is 14.6. The molecule has 3 aromatic heterocycles. The lowest BCUT2D eigenvalue weighted by atomic mass is 10.0. The number of rotatable bonds is 5. The molecule has 3 heterocycles. The van der Waals surface area contributed by atoms with E-state index in [0.717, 1.165) is 45.4 Å². The van der Waals surface area contributed by atoms with Gasteiger partial charge in [-0.15, -0.1) is 0 Å². The molecule has 0 aliphatic rings. The van der Waals surface area contributed by atoms with Gasteiger partial charge in [-0.25, -0.2) is 14.4 Å². The van der Waals surface area contributed by atoms with Crippen molar-refractivity contribution >= 4 is 27.8 Å². The molecule has 0 spiro atoms. The normalized spacial score (nSPS) is 11.4. The number of pyridine rings is 1. The van der Waals surface area contributed by atoms with Crippen molar-refractivity contribution in [1.29, 1.82) is 0 Å². The van der Waals surface area contributed by atoms with Crippen molar-refractivity contribution in [3.8, 4) is 33.8 Å². The van der Waals surface area contributed by atoms with E-state index >= 15 is 0 Å². The van der Waals surface area contributed by atoms with Crippen molar-refractivity contribution in [3.63, 3.8) is 0 Å². The molecule has 6 rings (SSSR count). The second-order valence-corrected chi connectivity index (χ2v) is 9.10. The van der Waals surface area contributed by atoms with E-state index in [1.54, 1.807) is 12.1 Å². The van der Waals surface area contributed by atoms with Crippen LogP contribution in [0, 0.1) is 5.82 Å². The minimum atomic E-state index is -0.276. The standard InChI is InChI=1S/C29H25FN6/c1-4-17-12-18(14-20(13-17)36(2)3)19-15-23-27(34-35-28(23)31-16-19)29-32-25-11-7-9-22(26(25)33-29)21-8-5-6-10-24(21)30/h5-16H,4H2,1-3H3,(H,32,33)(H,31,34,35). The van der Waals surface area contributed by atoms with Gasteiger partial charge >= 0.3 is 0 Å². The van der Waals surface area contributed by atoms with Crippen molar-refractivity contribution in [2.75, 3.05) is 19.0 Å². The maximum Gasteiger partial charge on any atom is 0.181 e. The highest BCUT2D eigenvalue weighted by atomic mass is 19.1. The molecule has 0 aliphatic carbocycles. The van der Waals surface area contributed by atoms with Crippen molar-refractivity contribution in [3.05, 3.63) is 84.3 Å². The number of benzene rings is 3.